The van der Waals surface area contributed by atoms with Crippen LogP contribution >= 0.6 is 0 Å². The van der Waals surface area contributed by atoms with E-state index in [2.05, 4.69) is 15.0 Å². The van der Waals surface area contributed by atoms with Gasteiger partial charge in [-0.25, -0.2) is 0 Å². The average Bonchev–Trinajstić information content (AvgIpc) is 2.32. The van der Waals surface area contributed by atoms with Gasteiger partial charge in [0, 0.05) is 11.5 Å². The number of nitrogen functional groups attached to an aromatic ring is 1. The van der Waals surface area contributed by atoms with Crippen LogP contribution in [0.2, 0.25) is 0 Å². The first-order valence-corrected chi connectivity index (χ1v) is 5.15. The maximum absolute atomic E-state index is 9.82. The van der Waals surface area contributed by atoms with E-state index >= 15 is 0 Å². The molecule has 1 aromatic rings. The van der Waals surface area contributed by atoms with Crippen molar-refractivity contribution in [3.63, 3.8) is 0 Å². The Morgan fingerprint density at radius 1 is 1.59 bits per heavy atom. The Hall–Kier alpha value is -1.82. The maximum Gasteiger partial charge on any atom is 0.122 e. The second-order valence-electron chi connectivity index (χ2n) is 3.72. The van der Waals surface area contributed by atoms with Gasteiger partial charge in [-0.1, -0.05) is 5.11 Å². The van der Waals surface area contributed by atoms with Crippen LogP contribution in [0, 0.1) is 6.92 Å². The summed E-state index contributed by atoms with van der Waals surface area (Å²) in [5, 5.41) is 22.8. The van der Waals surface area contributed by atoms with Gasteiger partial charge in [0.25, 0.3) is 0 Å². The third kappa shape index (κ3) is 3.60. The molecule has 4 N–H and O–H groups in total. The first-order chi connectivity index (χ1) is 8.06. The molecule has 2 atom stereocenters. The number of aliphatic hydroxyl groups is 2. The van der Waals surface area contributed by atoms with Crippen LogP contribution in [0.3, 0.4) is 0 Å². The van der Waals surface area contributed by atoms with Crippen molar-refractivity contribution in [2.24, 2.45) is 5.11 Å². The molecule has 1 rings (SSSR count). The third-order valence-electron chi connectivity index (χ3n) is 2.43. The molecule has 0 amide bonds. The van der Waals surface area contributed by atoms with E-state index in [-0.39, 0.29) is 13.0 Å². The number of hydrogen-bond donors (Lipinski definition) is 3. The molecule has 0 saturated carbocycles. The minimum atomic E-state index is -1.11. The van der Waals surface area contributed by atoms with Crippen LogP contribution < -0.4 is 5.73 Å². The number of rotatable bonds is 5. The minimum Gasteiger partial charge on any atom is -0.397 e. The van der Waals surface area contributed by atoms with E-state index in [1.54, 1.807) is 13.0 Å². The third-order valence-corrected chi connectivity index (χ3v) is 2.43. The second-order valence-corrected chi connectivity index (χ2v) is 3.72. The summed E-state index contributed by atoms with van der Waals surface area (Å²) in [5.41, 5.74) is 15.4. The van der Waals surface area contributed by atoms with Gasteiger partial charge in [-0.3, -0.25) is 4.98 Å². The van der Waals surface area contributed by atoms with Crippen molar-refractivity contribution in [1.82, 2.24) is 4.98 Å². The number of nitrogens with two attached hydrogens (primary N) is 1. The SMILES string of the molecule is Cc1cc(C(O)C(O)CCN=[N+]=[N-])ncc1N. The molecule has 1 aromatic heterocycles. The molecule has 7 nitrogen and oxygen atoms in total. The molecule has 0 aromatic carbocycles. The van der Waals surface area contributed by atoms with Crippen molar-refractivity contribution in [3.05, 3.63) is 34.0 Å². The lowest BCUT2D eigenvalue weighted by atomic mass is 10.1. The van der Waals surface area contributed by atoms with Gasteiger partial charge in [0.15, 0.2) is 0 Å². The van der Waals surface area contributed by atoms with E-state index < -0.39 is 12.2 Å². The number of azide groups is 1. The zero-order valence-corrected chi connectivity index (χ0v) is 9.48. The largest absolute Gasteiger partial charge is 0.397 e. The van der Waals surface area contributed by atoms with Gasteiger partial charge in [0.1, 0.15) is 6.10 Å². The summed E-state index contributed by atoms with van der Waals surface area (Å²) < 4.78 is 0. The highest BCUT2D eigenvalue weighted by atomic mass is 16.3. The van der Waals surface area contributed by atoms with Gasteiger partial charge in [0.05, 0.1) is 23.7 Å². The van der Waals surface area contributed by atoms with Crippen LogP contribution in [-0.4, -0.2) is 27.8 Å². The number of aromatic nitrogens is 1. The van der Waals surface area contributed by atoms with Crippen molar-refractivity contribution in [2.75, 3.05) is 12.3 Å². The normalized spacial score (nSPS) is 13.8. The van der Waals surface area contributed by atoms with E-state index in [9.17, 15) is 10.2 Å². The first kappa shape index (κ1) is 13.2. The summed E-state index contributed by atoms with van der Waals surface area (Å²) in [7, 11) is 0. The molecule has 0 radical (unpaired) electrons. The van der Waals surface area contributed by atoms with E-state index in [1.807, 2.05) is 0 Å². The highest BCUT2D eigenvalue weighted by Gasteiger charge is 2.19. The van der Waals surface area contributed by atoms with Gasteiger partial charge < -0.3 is 15.9 Å². The molecule has 0 bridgehead atoms. The second kappa shape index (κ2) is 6.05. The Morgan fingerprint density at radius 3 is 2.88 bits per heavy atom. The highest BCUT2D eigenvalue weighted by molar-refractivity contribution is 5.44. The summed E-state index contributed by atoms with van der Waals surface area (Å²) in [4.78, 5) is 6.52. The van der Waals surface area contributed by atoms with Crippen LogP contribution in [0.15, 0.2) is 17.4 Å². The van der Waals surface area contributed by atoms with Gasteiger partial charge >= 0.3 is 0 Å². The molecule has 17 heavy (non-hydrogen) atoms. The summed E-state index contributed by atoms with van der Waals surface area (Å²) >= 11 is 0. The fraction of sp³-hybridized carbons (Fsp3) is 0.500. The molecular weight excluding hydrogens is 222 g/mol. The Labute approximate surface area is 98.5 Å². The van der Waals surface area contributed by atoms with Crippen molar-refractivity contribution in [1.29, 1.82) is 0 Å². The molecule has 7 heteroatoms. The Morgan fingerprint density at radius 2 is 2.29 bits per heavy atom. The molecule has 0 fully saturated rings. The summed E-state index contributed by atoms with van der Waals surface area (Å²) in [6.45, 7) is 1.92. The number of hydrogen-bond acceptors (Lipinski definition) is 5. The average molecular weight is 237 g/mol. The monoisotopic (exact) mass is 237 g/mol. The minimum absolute atomic E-state index is 0.128. The van der Waals surface area contributed by atoms with Crippen LogP contribution in [-0.2, 0) is 0 Å². The van der Waals surface area contributed by atoms with Crippen LogP contribution in [0.1, 0.15) is 23.8 Å². The molecule has 0 aliphatic carbocycles. The number of aryl methyl sites for hydroxylation is 1. The zero-order chi connectivity index (χ0) is 12.8. The van der Waals surface area contributed by atoms with Crippen molar-refractivity contribution >= 4 is 5.69 Å². The molecule has 92 valence electrons. The predicted octanol–water partition coefficient (Wildman–Crippen LogP) is 1.07. The van der Waals surface area contributed by atoms with Gasteiger partial charge in [0.2, 0.25) is 0 Å². The number of aliphatic hydroxyl groups excluding tert-OH is 2. The summed E-state index contributed by atoms with van der Waals surface area (Å²) in [6, 6.07) is 1.62. The molecule has 1 heterocycles. The Balaban J connectivity index is 2.70. The smallest absolute Gasteiger partial charge is 0.122 e. The van der Waals surface area contributed by atoms with E-state index in [4.69, 9.17) is 11.3 Å². The van der Waals surface area contributed by atoms with Gasteiger partial charge in [-0.2, -0.15) is 0 Å². The van der Waals surface area contributed by atoms with Crippen molar-refractivity contribution in [3.8, 4) is 0 Å². The lowest BCUT2D eigenvalue weighted by Gasteiger charge is -2.17. The zero-order valence-electron chi connectivity index (χ0n) is 9.48. The van der Waals surface area contributed by atoms with Crippen LogP contribution in [0.5, 0.6) is 0 Å². The standard InChI is InChI=1S/C10H15N5O2/c1-6-4-8(13-5-7(6)11)10(17)9(16)2-3-14-15-12/h4-5,9-10,16-17H,2-3,11H2,1H3. The predicted molar refractivity (Wildman–Crippen MR) is 63.0 cm³/mol. The topological polar surface area (TPSA) is 128 Å². The van der Waals surface area contributed by atoms with E-state index in [0.29, 0.717) is 11.4 Å². The Bertz CT molecular complexity index is 431. The van der Waals surface area contributed by atoms with Crippen molar-refractivity contribution in [2.45, 2.75) is 25.6 Å². The van der Waals surface area contributed by atoms with Crippen LogP contribution in [0.4, 0.5) is 5.69 Å². The number of pyridine rings is 1. The number of nitrogens with zero attached hydrogens (tertiary/aromatic N) is 4. The maximum atomic E-state index is 9.82. The van der Waals surface area contributed by atoms with Crippen LogP contribution in [0.25, 0.3) is 10.4 Å². The van der Waals surface area contributed by atoms with Crippen molar-refractivity contribution < 1.29 is 10.2 Å². The van der Waals surface area contributed by atoms with E-state index in [0.717, 1.165) is 5.56 Å². The Kier molecular flexibility index (Phi) is 4.71. The fourth-order valence-electron chi connectivity index (χ4n) is 1.34. The highest BCUT2D eigenvalue weighted by Crippen LogP contribution is 2.20. The fourth-order valence-corrected chi connectivity index (χ4v) is 1.34. The molecule has 0 aliphatic heterocycles. The van der Waals surface area contributed by atoms with Gasteiger partial charge in [-0.15, -0.1) is 0 Å². The lowest BCUT2D eigenvalue weighted by molar-refractivity contribution is 0.0125. The number of anilines is 1. The molecule has 0 saturated heterocycles. The first-order valence-electron chi connectivity index (χ1n) is 5.15. The quantitative estimate of drug-likeness (QED) is 0.402. The molecule has 0 spiro atoms. The molecular formula is C10H15N5O2. The summed E-state index contributed by atoms with van der Waals surface area (Å²) in [6.07, 6.45) is -0.510. The summed E-state index contributed by atoms with van der Waals surface area (Å²) in [5.74, 6) is 0. The lowest BCUT2D eigenvalue weighted by Crippen LogP contribution is -2.20. The molecule has 2 unspecified atom stereocenters. The van der Waals surface area contributed by atoms with E-state index in [1.165, 1.54) is 6.20 Å². The molecule has 0 aliphatic rings. The van der Waals surface area contributed by atoms with Gasteiger partial charge in [-0.05, 0) is 30.5 Å².